The number of carbonyl (C=O) groups excluding carboxylic acids is 1. The lowest BCUT2D eigenvalue weighted by Gasteiger charge is -2.13. The molecule has 1 aliphatic heterocycles. The first-order valence-corrected chi connectivity index (χ1v) is 11.8. The van der Waals surface area contributed by atoms with E-state index in [-0.39, 0.29) is 11.9 Å². The van der Waals surface area contributed by atoms with Gasteiger partial charge in [-0.25, -0.2) is 16.3 Å². The normalized spacial score (nSPS) is 17.8. The van der Waals surface area contributed by atoms with E-state index in [0.717, 1.165) is 39.0 Å². The smallest absolute Gasteiger partial charge is 0.258 e. The molecule has 1 fully saturated rings. The Labute approximate surface area is 208 Å². The monoisotopic (exact) mass is 487 g/mol. The number of aromatic nitrogens is 1. The van der Waals surface area contributed by atoms with Crippen LogP contribution in [0.2, 0.25) is 5.02 Å². The molecule has 0 radical (unpaired) electrons. The number of nitrogens with zero attached hydrogens (tertiary/aromatic N) is 1. The number of carbonyl (C=O) groups is 1. The Hall–Kier alpha value is -3.65. The van der Waals surface area contributed by atoms with Gasteiger partial charge >= 0.3 is 0 Å². The van der Waals surface area contributed by atoms with Crippen molar-refractivity contribution in [2.75, 3.05) is 0 Å². The first-order chi connectivity index (χ1) is 17.1. The van der Waals surface area contributed by atoms with Crippen LogP contribution in [0.25, 0.3) is 10.9 Å². The van der Waals surface area contributed by atoms with Crippen LogP contribution in [0, 0.1) is 6.92 Å². The lowest BCUT2D eigenvalue weighted by Crippen LogP contribution is -2.41. The van der Waals surface area contributed by atoms with Crippen LogP contribution in [0.15, 0.2) is 77.9 Å². The average Bonchev–Trinajstić information content (AvgIpc) is 3.49. The number of halogens is 1. The molecule has 7 nitrogen and oxygen atoms in total. The molecule has 3 aromatic carbocycles. The summed E-state index contributed by atoms with van der Waals surface area (Å²) < 4.78 is 5.94. The molecule has 1 saturated heterocycles. The molecular weight excluding hydrogens is 462 g/mol. The van der Waals surface area contributed by atoms with Crippen LogP contribution in [-0.4, -0.2) is 23.1 Å². The molecule has 0 saturated carbocycles. The van der Waals surface area contributed by atoms with Gasteiger partial charge in [0.05, 0.1) is 6.21 Å². The van der Waals surface area contributed by atoms with Gasteiger partial charge in [0.15, 0.2) is 0 Å². The highest BCUT2D eigenvalue weighted by atomic mass is 35.5. The maximum Gasteiger partial charge on any atom is 0.258 e. The van der Waals surface area contributed by atoms with Crippen molar-refractivity contribution in [3.8, 4) is 5.75 Å². The van der Waals surface area contributed by atoms with E-state index in [2.05, 4.69) is 26.4 Å². The highest BCUT2D eigenvalue weighted by Gasteiger charge is 2.30. The summed E-state index contributed by atoms with van der Waals surface area (Å²) in [4.78, 5) is 16.0. The van der Waals surface area contributed by atoms with Gasteiger partial charge in [0.1, 0.15) is 18.4 Å². The number of hydrogen-bond donors (Lipinski definition) is 4. The zero-order chi connectivity index (χ0) is 24.2. The van der Waals surface area contributed by atoms with E-state index in [9.17, 15) is 4.79 Å². The van der Waals surface area contributed by atoms with Gasteiger partial charge < -0.3 is 9.72 Å². The highest BCUT2D eigenvalue weighted by Crippen LogP contribution is 2.26. The van der Waals surface area contributed by atoms with E-state index in [1.807, 2.05) is 79.7 Å². The highest BCUT2D eigenvalue weighted by molar-refractivity contribution is 6.31. The summed E-state index contributed by atoms with van der Waals surface area (Å²) in [5.41, 5.74) is 13.9. The number of fused-ring (bicyclic) bond motifs is 1. The lowest BCUT2D eigenvalue weighted by atomic mass is 10.0. The van der Waals surface area contributed by atoms with Crippen molar-refractivity contribution in [2.45, 2.75) is 32.0 Å². The molecule has 0 spiro atoms. The molecule has 2 unspecified atom stereocenters. The molecule has 0 aliphatic carbocycles. The maximum absolute atomic E-state index is 12.7. The topological polar surface area (TPSA) is 90.5 Å². The third-order valence-corrected chi connectivity index (χ3v) is 6.51. The molecule has 8 heteroatoms. The minimum Gasteiger partial charge on any atom is -0.489 e. The summed E-state index contributed by atoms with van der Waals surface area (Å²) >= 11 is 6.22. The second-order valence-corrected chi connectivity index (χ2v) is 8.93. The van der Waals surface area contributed by atoms with Crippen LogP contribution in [0.5, 0.6) is 5.75 Å². The Bertz CT molecular complexity index is 1380. The number of ether oxygens (including phenoxy) is 1. The Morgan fingerprint density at radius 2 is 1.94 bits per heavy atom. The fourth-order valence-electron chi connectivity index (χ4n) is 4.25. The average molecular weight is 488 g/mol. The van der Waals surface area contributed by atoms with Crippen LogP contribution in [0.3, 0.4) is 0 Å². The molecule has 2 heterocycles. The number of hydrogen-bond acceptors (Lipinski definition) is 5. The summed E-state index contributed by atoms with van der Waals surface area (Å²) in [5, 5.41) is 5.95. The molecule has 4 N–H and O–H groups in total. The van der Waals surface area contributed by atoms with Gasteiger partial charge in [-0.15, -0.1) is 0 Å². The predicted octanol–water partition coefficient (Wildman–Crippen LogP) is 4.77. The fourth-order valence-corrected chi connectivity index (χ4v) is 4.44. The summed E-state index contributed by atoms with van der Waals surface area (Å²) in [6, 6.07) is 23.0. The van der Waals surface area contributed by atoms with Crippen molar-refractivity contribution in [3.63, 3.8) is 0 Å². The van der Waals surface area contributed by atoms with Crippen LogP contribution in [-0.2, 0) is 11.4 Å². The van der Waals surface area contributed by atoms with Crippen molar-refractivity contribution in [1.29, 1.82) is 0 Å². The Balaban J connectivity index is 1.18. The molecule has 35 heavy (non-hydrogen) atoms. The molecule has 0 bridgehead atoms. The van der Waals surface area contributed by atoms with Crippen molar-refractivity contribution in [2.24, 2.45) is 5.10 Å². The zero-order valence-electron chi connectivity index (χ0n) is 19.2. The van der Waals surface area contributed by atoms with Crippen molar-refractivity contribution in [1.82, 2.24) is 21.3 Å². The predicted molar refractivity (Wildman–Crippen MR) is 138 cm³/mol. The minimum absolute atomic E-state index is 0.0329. The summed E-state index contributed by atoms with van der Waals surface area (Å²) in [5.74, 6) is 0.552. The maximum atomic E-state index is 12.7. The Morgan fingerprint density at radius 3 is 2.83 bits per heavy atom. The third-order valence-electron chi connectivity index (χ3n) is 6.14. The second-order valence-electron chi connectivity index (χ2n) is 8.53. The van der Waals surface area contributed by atoms with Gasteiger partial charge in [-0.3, -0.25) is 4.79 Å². The Kier molecular flexibility index (Phi) is 6.81. The Morgan fingerprint density at radius 1 is 1.11 bits per heavy atom. The molecule has 1 aliphatic rings. The zero-order valence-corrected chi connectivity index (χ0v) is 20.0. The van der Waals surface area contributed by atoms with E-state index in [1.54, 1.807) is 6.21 Å². The van der Waals surface area contributed by atoms with Crippen molar-refractivity contribution < 1.29 is 9.53 Å². The van der Waals surface area contributed by atoms with Crippen molar-refractivity contribution >= 4 is 34.6 Å². The van der Waals surface area contributed by atoms with E-state index >= 15 is 0 Å². The minimum atomic E-state index is -0.408. The standard InChI is InChI=1S/C27H26ClN5O2/c1-17-22(21-10-3-5-12-24(21)30-17)15-29-33-27(34)26-14-25(31-32-26)18-8-6-9-20(13-18)35-16-19-7-2-4-11-23(19)28/h2-13,15,25-26,30-32H,14,16H2,1H3,(H,33,34)/b29-15+. The number of amides is 1. The van der Waals surface area contributed by atoms with Crippen LogP contribution >= 0.6 is 11.6 Å². The number of rotatable bonds is 7. The SMILES string of the molecule is Cc1[nH]c2ccccc2c1/C=N/NC(=O)C1CC(c2cccc(OCc3ccccc3Cl)c2)NN1. The first-order valence-electron chi connectivity index (χ1n) is 11.5. The van der Waals surface area contributed by atoms with E-state index in [1.165, 1.54) is 0 Å². The molecular formula is C27H26ClN5O2. The second kappa shape index (κ2) is 10.3. The molecule has 2 atom stereocenters. The number of benzene rings is 3. The van der Waals surface area contributed by atoms with E-state index in [4.69, 9.17) is 16.3 Å². The number of para-hydroxylation sites is 1. The van der Waals surface area contributed by atoms with Gasteiger partial charge in [-0.2, -0.15) is 5.10 Å². The number of hydrazone groups is 1. The van der Waals surface area contributed by atoms with Crippen LogP contribution in [0.4, 0.5) is 0 Å². The molecule has 1 aromatic heterocycles. The van der Waals surface area contributed by atoms with Crippen LogP contribution < -0.4 is 21.0 Å². The lowest BCUT2D eigenvalue weighted by molar-refractivity contribution is -0.122. The molecule has 4 aromatic rings. The van der Waals surface area contributed by atoms with Gasteiger partial charge in [0.25, 0.3) is 5.91 Å². The van der Waals surface area contributed by atoms with E-state index in [0.29, 0.717) is 18.1 Å². The van der Waals surface area contributed by atoms with Crippen LogP contribution in [0.1, 0.15) is 34.8 Å². The molecule has 5 rings (SSSR count). The molecule has 1 amide bonds. The van der Waals surface area contributed by atoms with Gasteiger partial charge in [0.2, 0.25) is 0 Å². The van der Waals surface area contributed by atoms with Gasteiger partial charge in [-0.05, 0) is 43.2 Å². The fraction of sp³-hybridized carbons (Fsp3) is 0.185. The largest absolute Gasteiger partial charge is 0.489 e. The van der Waals surface area contributed by atoms with E-state index < -0.39 is 6.04 Å². The summed E-state index contributed by atoms with van der Waals surface area (Å²) in [6.45, 7) is 2.38. The quantitative estimate of drug-likeness (QED) is 0.223. The third kappa shape index (κ3) is 5.22. The number of H-pyrrole nitrogens is 1. The summed E-state index contributed by atoms with van der Waals surface area (Å²) in [6.07, 6.45) is 2.27. The first kappa shape index (κ1) is 23.1. The van der Waals surface area contributed by atoms with Gasteiger partial charge in [0, 0.05) is 38.8 Å². The van der Waals surface area contributed by atoms with Gasteiger partial charge in [-0.1, -0.05) is 60.1 Å². The van der Waals surface area contributed by atoms with Crippen molar-refractivity contribution in [3.05, 3.63) is 100 Å². The number of hydrazine groups is 1. The molecule has 178 valence electrons. The number of aromatic amines is 1. The summed E-state index contributed by atoms with van der Waals surface area (Å²) in [7, 11) is 0. The number of nitrogens with one attached hydrogen (secondary N) is 4. The number of aryl methyl sites for hydroxylation is 1.